The van der Waals surface area contributed by atoms with Gasteiger partial charge in [0.2, 0.25) is 0 Å². The highest BCUT2D eigenvalue weighted by Gasteiger charge is 2.27. The number of anilines is 1. The molecule has 0 fully saturated rings. The SMILES string of the molecule is Oc1ccc(C2Nc3ccccc3-c3cnnc4[nH]cc2c34)c(CCl)c1. The molecule has 128 valence electrons. The Morgan fingerprint density at radius 2 is 1.96 bits per heavy atom. The molecule has 1 unspecified atom stereocenters. The Morgan fingerprint density at radius 3 is 2.85 bits per heavy atom. The molecule has 0 saturated carbocycles. The third kappa shape index (κ3) is 2.17. The predicted octanol–water partition coefficient (Wildman–Crippen LogP) is 4.58. The Bertz CT molecular complexity index is 1140. The minimum absolute atomic E-state index is 0.121. The maximum absolute atomic E-state index is 9.85. The first kappa shape index (κ1) is 15.2. The monoisotopic (exact) mass is 362 g/mol. The van der Waals surface area contributed by atoms with Gasteiger partial charge in [-0.1, -0.05) is 24.3 Å². The largest absolute Gasteiger partial charge is 0.508 e. The number of nitrogens with one attached hydrogen (secondary N) is 2. The second-order valence-electron chi connectivity index (χ2n) is 6.37. The average Bonchev–Trinajstić information content (AvgIpc) is 3.04. The molecule has 5 nitrogen and oxygen atoms in total. The van der Waals surface area contributed by atoms with E-state index in [2.05, 4.69) is 32.6 Å². The van der Waals surface area contributed by atoms with Crippen molar-refractivity contribution in [3.63, 3.8) is 0 Å². The van der Waals surface area contributed by atoms with E-state index >= 15 is 0 Å². The van der Waals surface area contributed by atoms with Crippen LogP contribution >= 0.6 is 11.6 Å². The van der Waals surface area contributed by atoms with Gasteiger partial charge >= 0.3 is 0 Å². The van der Waals surface area contributed by atoms with E-state index in [1.165, 1.54) is 0 Å². The number of phenols is 1. The Labute approximate surface area is 154 Å². The molecule has 0 bridgehead atoms. The van der Waals surface area contributed by atoms with Gasteiger partial charge in [0.05, 0.1) is 12.2 Å². The summed E-state index contributed by atoms with van der Waals surface area (Å²) >= 11 is 6.17. The van der Waals surface area contributed by atoms with Gasteiger partial charge in [0.15, 0.2) is 5.65 Å². The van der Waals surface area contributed by atoms with E-state index in [4.69, 9.17) is 11.6 Å². The van der Waals surface area contributed by atoms with Crippen molar-refractivity contribution in [2.75, 3.05) is 5.32 Å². The van der Waals surface area contributed by atoms with Crippen LogP contribution in [0.4, 0.5) is 5.69 Å². The quantitative estimate of drug-likeness (QED) is 0.456. The molecule has 0 amide bonds. The van der Waals surface area contributed by atoms with Crippen LogP contribution in [-0.4, -0.2) is 20.3 Å². The van der Waals surface area contributed by atoms with Crippen molar-refractivity contribution < 1.29 is 5.11 Å². The number of para-hydroxylation sites is 1. The predicted molar refractivity (Wildman–Crippen MR) is 102 cm³/mol. The maximum Gasteiger partial charge on any atom is 0.160 e. The smallest absolute Gasteiger partial charge is 0.160 e. The van der Waals surface area contributed by atoms with Gasteiger partial charge in [0, 0.05) is 39.8 Å². The molecule has 3 heterocycles. The number of aromatic nitrogens is 3. The molecule has 2 aromatic heterocycles. The number of nitrogens with zero attached hydrogens (tertiary/aromatic N) is 2. The van der Waals surface area contributed by atoms with Crippen LogP contribution in [0.5, 0.6) is 5.75 Å². The number of H-pyrrole nitrogens is 1. The lowest BCUT2D eigenvalue weighted by molar-refractivity contribution is 0.474. The zero-order valence-corrected chi connectivity index (χ0v) is 14.5. The van der Waals surface area contributed by atoms with Gasteiger partial charge in [-0.15, -0.1) is 16.7 Å². The van der Waals surface area contributed by atoms with Crippen LogP contribution in [-0.2, 0) is 5.88 Å². The van der Waals surface area contributed by atoms with Crippen molar-refractivity contribution in [3.05, 3.63) is 71.5 Å². The molecule has 4 aromatic rings. The van der Waals surface area contributed by atoms with Crippen molar-refractivity contribution >= 4 is 28.3 Å². The van der Waals surface area contributed by atoms with Gasteiger partial charge in [-0.3, -0.25) is 0 Å². The molecule has 0 radical (unpaired) electrons. The number of rotatable bonds is 2. The third-order valence-corrected chi connectivity index (χ3v) is 5.20. The van der Waals surface area contributed by atoms with E-state index in [1.54, 1.807) is 12.1 Å². The van der Waals surface area contributed by atoms with Crippen LogP contribution in [0.2, 0.25) is 0 Å². The number of hydrogen-bond acceptors (Lipinski definition) is 4. The molecule has 0 spiro atoms. The number of phenolic OH excluding ortho intramolecular Hbond substituents is 1. The number of fused-ring (bicyclic) bond motifs is 2. The second-order valence-corrected chi connectivity index (χ2v) is 6.63. The van der Waals surface area contributed by atoms with E-state index in [0.29, 0.717) is 5.88 Å². The van der Waals surface area contributed by atoms with E-state index in [-0.39, 0.29) is 11.8 Å². The van der Waals surface area contributed by atoms with Gasteiger partial charge in [-0.25, -0.2) is 0 Å². The second kappa shape index (κ2) is 5.75. The van der Waals surface area contributed by atoms with Crippen LogP contribution in [0.3, 0.4) is 0 Å². The summed E-state index contributed by atoms with van der Waals surface area (Å²) < 4.78 is 0. The number of hydrogen-bond donors (Lipinski definition) is 3. The Kier molecular flexibility index (Phi) is 3.36. The van der Waals surface area contributed by atoms with Crippen molar-refractivity contribution in [2.24, 2.45) is 0 Å². The molecule has 1 atom stereocenters. The van der Waals surface area contributed by atoms with Gasteiger partial charge in [0.1, 0.15) is 5.75 Å². The molecule has 1 aliphatic heterocycles. The Morgan fingerprint density at radius 1 is 1.08 bits per heavy atom. The van der Waals surface area contributed by atoms with Crippen molar-refractivity contribution in [3.8, 4) is 16.9 Å². The number of benzene rings is 2. The fraction of sp³-hybridized carbons (Fsp3) is 0.100. The van der Waals surface area contributed by atoms with E-state index < -0.39 is 0 Å². The minimum atomic E-state index is -0.121. The lowest BCUT2D eigenvalue weighted by atomic mass is 9.94. The standard InChI is InChI=1S/C20H15ClN4O/c21-8-11-7-12(26)5-6-13(11)19-16-9-22-20-18(16)15(10-23-25-20)14-3-1-2-4-17(14)24-19/h1-7,9-10,19,24,26H,8H2,(H,22,25). The lowest BCUT2D eigenvalue weighted by Crippen LogP contribution is -2.13. The molecule has 0 saturated heterocycles. The van der Waals surface area contributed by atoms with Crippen molar-refractivity contribution in [1.29, 1.82) is 0 Å². The molecule has 3 N–H and O–H groups in total. The van der Waals surface area contributed by atoms with Crippen LogP contribution in [0.25, 0.3) is 22.2 Å². The lowest BCUT2D eigenvalue weighted by Gasteiger charge is -2.22. The molecular formula is C20H15ClN4O. The fourth-order valence-electron chi connectivity index (χ4n) is 3.74. The highest BCUT2D eigenvalue weighted by Crippen LogP contribution is 2.44. The molecule has 6 heteroatoms. The van der Waals surface area contributed by atoms with Gasteiger partial charge in [-0.05, 0) is 29.3 Å². The Balaban J connectivity index is 1.83. The first-order chi connectivity index (χ1) is 12.8. The van der Waals surface area contributed by atoms with Crippen LogP contribution in [0, 0.1) is 0 Å². The summed E-state index contributed by atoms with van der Waals surface area (Å²) in [5.74, 6) is 0.530. The number of aromatic hydroxyl groups is 1. The van der Waals surface area contributed by atoms with Crippen molar-refractivity contribution in [1.82, 2.24) is 15.2 Å². The summed E-state index contributed by atoms with van der Waals surface area (Å²) in [6.45, 7) is 0. The van der Waals surface area contributed by atoms with E-state index in [0.717, 1.165) is 44.5 Å². The minimum Gasteiger partial charge on any atom is -0.508 e. The fourth-order valence-corrected chi connectivity index (χ4v) is 3.97. The summed E-state index contributed by atoms with van der Waals surface area (Å²) in [6.07, 6.45) is 3.78. The molecular weight excluding hydrogens is 348 g/mol. The van der Waals surface area contributed by atoms with E-state index in [9.17, 15) is 5.11 Å². The van der Waals surface area contributed by atoms with E-state index in [1.807, 2.05) is 30.6 Å². The third-order valence-electron chi connectivity index (χ3n) is 4.91. The molecule has 2 aromatic carbocycles. The first-order valence-electron chi connectivity index (χ1n) is 8.32. The summed E-state index contributed by atoms with van der Waals surface area (Å²) in [4.78, 5) is 3.23. The summed E-state index contributed by atoms with van der Waals surface area (Å²) in [7, 11) is 0. The summed E-state index contributed by atoms with van der Waals surface area (Å²) in [5.41, 5.74) is 6.91. The number of aromatic amines is 1. The van der Waals surface area contributed by atoms with Crippen molar-refractivity contribution in [2.45, 2.75) is 11.9 Å². The molecule has 0 aliphatic carbocycles. The zero-order valence-electron chi connectivity index (χ0n) is 13.7. The summed E-state index contributed by atoms with van der Waals surface area (Å²) in [6, 6.07) is 13.4. The summed E-state index contributed by atoms with van der Waals surface area (Å²) in [5, 5.41) is 22.9. The van der Waals surface area contributed by atoms with Gasteiger partial charge in [0.25, 0.3) is 0 Å². The average molecular weight is 363 g/mol. The number of halogens is 1. The van der Waals surface area contributed by atoms with Gasteiger partial charge < -0.3 is 15.4 Å². The molecule has 1 aliphatic rings. The normalized spacial score (nSPS) is 15.3. The maximum atomic E-state index is 9.85. The first-order valence-corrected chi connectivity index (χ1v) is 8.86. The topological polar surface area (TPSA) is 73.8 Å². The van der Waals surface area contributed by atoms with Crippen LogP contribution in [0.1, 0.15) is 22.7 Å². The zero-order chi connectivity index (χ0) is 17.7. The molecule has 26 heavy (non-hydrogen) atoms. The highest BCUT2D eigenvalue weighted by atomic mass is 35.5. The Hall–Kier alpha value is -3.05. The molecule has 5 rings (SSSR count). The van der Waals surface area contributed by atoms with Crippen LogP contribution < -0.4 is 5.32 Å². The highest BCUT2D eigenvalue weighted by molar-refractivity contribution is 6.17. The van der Waals surface area contributed by atoms with Gasteiger partial charge in [-0.2, -0.15) is 5.10 Å². The van der Waals surface area contributed by atoms with Crippen LogP contribution in [0.15, 0.2) is 54.9 Å². The number of alkyl halides is 1.